The van der Waals surface area contributed by atoms with Crippen LogP contribution in [0.4, 0.5) is 5.82 Å². The molecule has 1 aromatic carbocycles. The van der Waals surface area contributed by atoms with Crippen LogP contribution in [0.15, 0.2) is 48.8 Å². The monoisotopic (exact) mass is 352 g/mol. The predicted octanol–water partition coefficient (Wildman–Crippen LogP) is 3.28. The molecule has 0 unspecified atom stereocenters. The summed E-state index contributed by atoms with van der Waals surface area (Å²) in [7, 11) is 1.63. The molecule has 7 heteroatoms. The maximum Gasteiger partial charge on any atom is 0.256 e. The summed E-state index contributed by atoms with van der Waals surface area (Å²) in [5.41, 5.74) is 3.55. The highest BCUT2D eigenvalue weighted by molar-refractivity contribution is 7.98. The van der Waals surface area contributed by atoms with Gasteiger partial charge in [-0.25, -0.2) is 4.68 Å². The molecule has 1 N–H and O–H groups in total. The molecule has 1 aliphatic heterocycles. The van der Waals surface area contributed by atoms with Gasteiger partial charge in [-0.3, -0.25) is 9.78 Å². The fourth-order valence-corrected chi connectivity index (χ4v) is 3.77. The Bertz CT molecular complexity index is 907. The second kappa shape index (κ2) is 6.60. The Morgan fingerprint density at radius 1 is 1.16 bits per heavy atom. The highest BCUT2D eigenvalue weighted by atomic mass is 32.2. The van der Waals surface area contributed by atoms with E-state index in [-0.39, 0.29) is 5.91 Å². The minimum atomic E-state index is -0.170. The molecule has 2 aromatic heterocycles. The number of thioether (sulfide) groups is 1. The van der Waals surface area contributed by atoms with E-state index in [1.807, 2.05) is 24.3 Å². The zero-order chi connectivity index (χ0) is 17.2. The van der Waals surface area contributed by atoms with Crippen LogP contribution in [0.1, 0.15) is 21.6 Å². The summed E-state index contributed by atoms with van der Waals surface area (Å²) in [6.07, 6.45) is 3.21. The van der Waals surface area contributed by atoms with Crippen molar-refractivity contribution in [2.24, 2.45) is 0 Å². The van der Waals surface area contributed by atoms with Gasteiger partial charge in [-0.15, -0.1) is 0 Å². The number of aromatic nitrogens is 3. The lowest BCUT2D eigenvalue weighted by Gasteiger charge is -2.11. The predicted molar refractivity (Wildman–Crippen MR) is 97.3 cm³/mol. The average molecular weight is 352 g/mol. The van der Waals surface area contributed by atoms with E-state index in [9.17, 15) is 4.79 Å². The molecule has 1 amide bonds. The largest absolute Gasteiger partial charge is 0.497 e. The third-order valence-corrected chi connectivity index (χ3v) is 5.01. The SMILES string of the molecule is COc1ccc(-n2nc3c(c2NC(=O)c2ccncc2)CSC3)cc1. The van der Waals surface area contributed by atoms with Crippen molar-refractivity contribution in [3.8, 4) is 11.4 Å². The first kappa shape index (κ1) is 15.7. The fraction of sp³-hybridized carbons (Fsp3) is 0.167. The number of benzene rings is 1. The minimum absolute atomic E-state index is 0.170. The maximum absolute atomic E-state index is 12.6. The normalized spacial score (nSPS) is 12.7. The van der Waals surface area contributed by atoms with Crippen molar-refractivity contribution >= 4 is 23.5 Å². The van der Waals surface area contributed by atoms with Crippen LogP contribution in [-0.2, 0) is 11.5 Å². The average Bonchev–Trinajstić information content (AvgIpc) is 3.25. The van der Waals surface area contributed by atoms with Crippen LogP contribution in [0, 0.1) is 0 Å². The van der Waals surface area contributed by atoms with Gasteiger partial charge in [0.25, 0.3) is 5.91 Å². The lowest BCUT2D eigenvalue weighted by atomic mass is 10.2. The zero-order valence-corrected chi connectivity index (χ0v) is 14.4. The van der Waals surface area contributed by atoms with E-state index in [4.69, 9.17) is 9.84 Å². The first-order chi connectivity index (χ1) is 12.3. The van der Waals surface area contributed by atoms with Crippen molar-refractivity contribution in [1.82, 2.24) is 14.8 Å². The number of hydrogen-bond acceptors (Lipinski definition) is 5. The van der Waals surface area contributed by atoms with Crippen LogP contribution < -0.4 is 10.1 Å². The number of ether oxygens (including phenoxy) is 1. The van der Waals surface area contributed by atoms with Crippen LogP contribution in [0.5, 0.6) is 5.75 Å². The summed E-state index contributed by atoms with van der Waals surface area (Å²) in [5.74, 6) is 3.04. The van der Waals surface area contributed by atoms with Crippen LogP contribution >= 0.6 is 11.8 Å². The molecule has 25 heavy (non-hydrogen) atoms. The number of amides is 1. The van der Waals surface area contributed by atoms with Gasteiger partial charge in [0.15, 0.2) is 0 Å². The molecular formula is C18H16N4O2S. The number of nitrogens with one attached hydrogen (secondary N) is 1. The molecule has 0 aliphatic carbocycles. The third kappa shape index (κ3) is 2.98. The third-order valence-electron chi connectivity index (χ3n) is 4.04. The second-order valence-corrected chi connectivity index (χ2v) is 6.55. The molecule has 3 heterocycles. The summed E-state index contributed by atoms with van der Waals surface area (Å²) < 4.78 is 7.00. The van der Waals surface area contributed by atoms with Crippen LogP contribution in [0.3, 0.4) is 0 Å². The van der Waals surface area contributed by atoms with Gasteiger partial charge in [0, 0.05) is 35.0 Å². The van der Waals surface area contributed by atoms with Gasteiger partial charge >= 0.3 is 0 Å². The first-order valence-electron chi connectivity index (χ1n) is 7.80. The van der Waals surface area contributed by atoms with E-state index in [0.29, 0.717) is 5.56 Å². The molecule has 0 saturated heterocycles. The van der Waals surface area contributed by atoms with E-state index < -0.39 is 0 Å². The van der Waals surface area contributed by atoms with Gasteiger partial charge in [-0.2, -0.15) is 16.9 Å². The van der Waals surface area contributed by atoms with Crippen molar-refractivity contribution in [3.63, 3.8) is 0 Å². The van der Waals surface area contributed by atoms with E-state index in [0.717, 1.165) is 40.0 Å². The van der Waals surface area contributed by atoms with Crippen LogP contribution in [0.25, 0.3) is 5.69 Å². The van der Waals surface area contributed by atoms with Gasteiger partial charge < -0.3 is 10.1 Å². The topological polar surface area (TPSA) is 69.0 Å². The molecule has 0 bridgehead atoms. The van der Waals surface area contributed by atoms with Crippen molar-refractivity contribution < 1.29 is 9.53 Å². The summed E-state index contributed by atoms with van der Waals surface area (Å²) in [6.45, 7) is 0. The number of hydrogen-bond donors (Lipinski definition) is 1. The first-order valence-corrected chi connectivity index (χ1v) is 8.96. The summed E-state index contributed by atoms with van der Waals surface area (Å²) >= 11 is 1.80. The van der Waals surface area contributed by atoms with Gasteiger partial charge in [0.05, 0.1) is 18.5 Å². The molecule has 3 aromatic rings. The van der Waals surface area contributed by atoms with Crippen molar-refractivity contribution in [2.75, 3.05) is 12.4 Å². The lowest BCUT2D eigenvalue weighted by Crippen LogP contribution is -2.16. The van der Waals surface area contributed by atoms with E-state index in [1.54, 1.807) is 48.1 Å². The number of pyridine rings is 1. The molecule has 1 aliphatic rings. The van der Waals surface area contributed by atoms with Crippen molar-refractivity contribution in [2.45, 2.75) is 11.5 Å². The Labute approximate surface area is 149 Å². The quantitative estimate of drug-likeness (QED) is 0.780. The molecular weight excluding hydrogens is 336 g/mol. The van der Waals surface area contributed by atoms with E-state index >= 15 is 0 Å². The Kier molecular flexibility index (Phi) is 4.15. The smallest absolute Gasteiger partial charge is 0.256 e. The minimum Gasteiger partial charge on any atom is -0.497 e. The highest BCUT2D eigenvalue weighted by Crippen LogP contribution is 2.36. The van der Waals surface area contributed by atoms with Crippen LogP contribution in [0.2, 0.25) is 0 Å². The van der Waals surface area contributed by atoms with E-state index in [2.05, 4.69) is 10.3 Å². The standard InChI is InChI=1S/C18H16N4O2S/c1-24-14-4-2-13(3-5-14)22-17(15-10-25-11-16(15)21-22)20-18(23)12-6-8-19-9-7-12/h2-9H,10-11H2,1H3,(H,20,23). The van der Waals surface area contributed by atoms with Crippen molar-refractivity contribution in [1.29, 1.82) is 0 Å². The van der Waals surface area contributed by atoms with Crippen molar-refractivity contribution in [3.05, 3.63) is 65.6 Å². The molecule has 0 saturated carbocycles. The number of carbonyl (C=O) groups is 1. The molecule has 0 radical (unpaired) electrons. The lowest BCUT2D eigenvalue weighted by molar-refractivity contribution is 0.102. The highest BCUT2D eigenvalue weighted by Gasteiger charge is 2.25. The number of rotatable bonds is 4. The molecule has 6 nitrogen and oxygen atoms in total. The Hall–Kier alpha value is -2.80. The number of fused-ring (bicyclic) bond motifs is 1. The number of anilines is 1. The summed E-state index contributed by atoms with van der Waals surface area (Å²) in [5, 5.41) is 7.71. The fourth-order valence-electron chi connectivity index (χ4n) is 2.73. The summed E-state index contributed by atoms with van der Waals surface area (Å²) in [4.78, 5) is 16.5. The Morgan fingerprint density at radius 3 is 2.64 bits per heavy atom. The van der Waals surface area contributed by atoms with Gasteiger partial charge in [0.1, 0.15) is 11.6 Å². The molecule has 0 fully saturated rings. The Morgan fingerprint density at radius 2 is 1.92 bits per heavy atom. The second-order valence-electron chi connectivity index (χ2n) is 5.57. The number of nitrogens with zero attached hydrogens (tertiary/aromatic N) is 3. The Balaban J connectivity index is 1.72. The maximum atomic E-state index is 12.6. The molecule has 0 spiro atoms. The van der Waals surface area contributed by atoms with Gasteiger partial charge in [-0.1, -0.05) is 0 Å². The summed E-state index contributed by atoms with van der Waals surface area (Å²) in [6, 6.07) is 11.0. The number of carbonyl (C=O) groups excluding carboxylic acids is 1. The van der Waals surface area contributed by atoms with E-state index in [1.165, 1.54) is 0 Å². The molecule has 4 rings (SSSR count). The van der Waals surface area contributed by atoms with Gasteiger partial charge in [-0.05, 0) is 36.4 Å². The zero-order valence-electron chi connectivity index (χ0n) is 13.6. The molecule has 0 atom stereocenters. The van der Waals surface area contributed by atoms with Gasteiger partial charge in [0.2, 0.25) is 0 Å². The number of methoxy groups -OCH3 is 1. The van der Waals surface area contributed by atoms with Crippen LogP contribution in [-0.4, -0.2) is 27.8 Å². The molecule has 126 valence electrons.